The summed E-state index contributed by atoms with van der Waals surface area (Å²) in [7, 11) is 4.72. The fraction of sp³-hybridized carbons (Fsp3) is 1.00. The van der Waals surface area contributed by atoms with Crippen LogP contribution in [0.1, 0.15) is 91.9 Å². The van der Waals surface area contributed by atoms with Crippen molar-refractivity contribution in [2.45, 2.75) is 91.9 Å². The largest absolute Gasteiger partial charge is 1.00 e. The maximum absolute atomic E-state index is 6.09. The van der Waals surface area contributed by atoms with E-state index in [1.54, 1.807) is 0 Å². The smallest absolute Gasteiger partial charge is 0.102 e. The fourth-order valence-corrected chi connectivity index (χ4v) is 3.95. The summed E-state index contributed by atoms with van der Waals surface area (Å²) in [6.07, 6.45) is 13.8. The Morgan fingerprint density at radius 3 is 1.45 bits per heavy atom. The Morgan fingerprint density at radius 2 is 0.966 bits per heavy atom. The molecule has 0 N–H and O–H groups in total. The normalized spacial score (nSPS) is 11.8. The number of hydrogen-bond donors (Lipinski definition) is 0. The van der Waals surface area contributed by atoms with E-state index in [-0.39, 0.29) is 34.0 Å². The molecule has 0 unspecified atom stereocenters. The Labute approximate surface area is 205 Å². The maximum Gasteiger partial charge on any atom is 0.102 e. The zero-order chi connectivity index (χ0) is 20.4. The molecular weight excluding hydrogens is 492 g/mol. The van der Waals surface area contributed by atoms with Crippen molar-refractivity contribution in [3.05, 3.63) is 0 Å². The summed E-state index contributed by atoms with van der Waals surface area (Å²) in [6.45, 7) is 18.6. The van der Waals surface area contributed by atoms with Gasteiger partial charge < -0.3 is 47.7 Å². The van der Waals surface area contributed by atoms with E-state index in [4.69, 9.17) is 4.74 Å². The molecule has 0 aromatic carbocycles. The Morgan fingerprint density at radius 1 is 0.517 bits per heavy atom. The minimum absolute atomic E-state index is 0. The lowest BCUT2D eigenvalue weighted by molar-refractivity contribution is -0.925. The number of ether oxygens (including phenoxy) is 1. The lowest BCUT2D eigenvalue weighted by atomic mass is 10.1. The lowest BCUT2D eigenvalue weighted by Crippen LogP contribution is -3.00. The summed E-state index contributed by atoms with van der Waals surface area (Å²) in [5.41, 5.74) is 0. The molecule has 180 valence electrons. The van der Waals surface area contributed by atoms with Gasteiger partial charge in [-0.25, -0.2) is 0 Å². The number of hydrogen-bond acceptors (Lipinski definition) is 1. The second-order valence-electron chi connectivity index (χ2n) is 9.25. The molecule has 0 aromatic rings. The number of rotatable bonds is 20. The third-order valence-corrected chi connectivity index (χ3v) is 6.50. The first-order valence-corrected chi connectivity index (χ1v) is 12.2. The lowest BCUT2D eigenvalue weighted by Gasteiger charge is -2.37. The third-order valence-electron chi connectivity index (χ3n) is 6.50. The highest BCUT2D eigenvalue weighted by Gasteiger charge is 2.22. The molecule has 0 bridgehead atoms. The molecule has 3 nitrogen and oxygen atoms in total. The van der Waals surface area contributed by atoms with Gasteiger partial charge in [0.15, 0.2) is 0 Å². The molecule has 29 heavy (non-hydrogen) atoms. The Bertz CT molecular complexity index is 324. The van der Waals surface area contributed by atoms with Crippen LogP contribution in [0.25, 0.3) is 0 Å². The van der Waals surface area contributed by atoms with E-state index >= 15 is 0 Å². The van der Waals surface area contributed by atoms with Gasteiger partial charge in [0.05, 0.1) is 53.5 Å². The standard InChI is InChI=1S/C24H54N2O.2BrH/c1-7-11-13-15-17-19-25(5,6)21-23-27-24-22-26(9-3,10-4)20-18-16-14-12-8-2;;/h7-24H2,1-6H3;2*1H/q+2;;/p-2. The van der Waals surface area contributed by atoms with Crippen molar-refractivity contribution in [3.8, 4) is 0 Å². The topological polar surface area (TPSA) is 9.23 Å². The summed E-state index contributed by atoms with van der Waals surface area (Å²) >= 11 is 0. The Kier molecular flexibility index (Phi) is 26.2. The van der Waals surface area contributed by atoms with Gasteiger partial charge in [-0.1, -0.05) is 52.4 Å². The summed E-state index contributed by atoms with van der Waals surface area (Å²) in [4.78, 5) is 0. The van der Waals surface area contributed by atoms with Crippen molar-refractivity contribution >= 4 is 0 Å². The average molecular weight is 547 g/mol. The van der Waals surface area contributed by atoms with E-state index in [0.717, 1.165) is 24.2 Å². The number of nitrogens with zero attached hydrogens (tertiary/aromatic N) is 2. The molecule has 0 aliphatic carbocycles. The minimum atomic E-state index is 0. The SMILES string of the molecule is CCCCCCC[N+](C)(C)CCOCC[N+](CC)(CC)CCCCCCC.[Br-].[Br-]. The second-order valence-corrected chi connectivity index (χ2v) is 9.25. The van der Waals surface area contributed by atoms with Crippen molar-refractivity contribution in [1.29, 1.82) is 0 Å². The maximum atomic E-state index is 6.09. The van der Waals surface area contributed by atoms with Gasteiger partial charge in [0.2, 0.25) is 0 Å². The molecule has 0 saturated heterocycles. The van der Waals surface area contributed by atoms with Crippen LogP contribution in [0.15, 0.2) is 0 Å². The van der Waals surface area contributed by atoms with Crippen molar-refractivity contribution in [1.82, 2.24) is 0 Å². The minimum Gasteiger partial charge on any atom is -1.00 e. The first-order chi connectivity index (χ1) is 12.9. The van der Waals surface area contributed by atoms with Gasteiger partial charge in [0.25, 0.3) is 0 Å². The van der Waals surface area contributed by atoms with Gasteiger partial charge in [0.1, 0.15) is 13.1 Å². The summed E-state index contributed by atoms with van der Waals surface area (Å²) in [5.74, 6) is 0. The van der Waals surface area contributed by atoms with Crippen molar-refractivity contribution in [2.75, 3.05) is 66.6 Å². The van der Waals surface area contributed by atoms with Gasteiger partial charge in [-0.3, -0.25) is 0 Å². The number of halogens is 2. The molecular formula is C24H54Br2N2O. The van der Waals surface area contributed by atoms with Crippen LogP contribution < -0.4 is 34.0 Å². The van der Waals surface area contributed by atoms with E-state index in [9.17, 15) is 0 Å². The molecule has 0 aliphatic rings. The molecule has 5 heteroatoms. The molecule has 0 radical (unpaired) electrons. The molecule has 0 amide bonds. The molecule has 0 heterocycles. The first-order valence-electron chi connectivity index (χ1n) is 12.2. The van der Waals surface area contributed by atoms with Crippen LogP contribution in [-0.2, 0) is 4.74 Å². The quantitative estimate of drug-likeness (QED) is 0.153. The summed E-state index contributed by atoms with van der Waals surface area (Å²) in [6, 6.07) is 0. The predicted octanol–water partition coefficient (Wildman–Crippen LogP) is -0.115. The second kappa shape index (κ2) is 22.0. The van der Waals surface area contributed by atoms with Crippen LogP contribution in [0.5, 0.6) is 0 Å². The monoisotopic (exact) mass is 544 g/mol. The predicted molar refractivity (Wildman–Crippen MR) is 121 cm³/mol. The average Bonchev–Trinajstić information content (AvgIpc) is 2.66. The van der Waals surface area contributed by atoms with Crippen LogP contribution >= 0.6 is 0 Å². The zero-order valence-corrected chi connectivity index (χ0v) is 24.0. The summed E-state index contributed by atoms with van der Waals surface area (Å²) < 4.78 is 8.43. The van der Waals surface area contributed by atoms with Crippen LogP contribution in [0, 0.1) is 0 Å². The molecule has 0 saturated carbocycles. The fourth-order valence-electron chi connectivity index (χ4n) is 3.95. The van der Waals surface area contributed by atoms with Gasteiger partial charge in [-0.05, 0) is 39.5 Å². The van der Waals surface area contributed by atoms with Crippen LogP contribution in [0.2, 0.25) is 0 Å². The Balaban J connectivity index is -0.00000338. The van der Waals surface area contributed by atoms with E-state index < -0.39 is 0 Å². The van der Waals surface area contributed by atoms with Crippen LogP contribution in [0.3, 0.4) is 0 Å². The molecule has 0 fully saturated rings. The molecule has 0 aromatic heterocycles. The third kappa shape index (κ3) is 19.3. The highest BCUT2D eigenvalue weighted by atomic mass is 79.9. The molecule has 0 aliphatic heterocycles. The van der Waals surface area contributed by atoms with Crippen molar-refractivity contribution < 1.29 is 47.7 Å². The van der Waals surface area contributed by atoms with Gasteiger partial charge in [0, 0.05) is 0 Å². The highest BCUT2D eigenvalue weighted by molar-refractivity contribution is 4.47. The van der Waals surface area contributed by atoms with E-state index in [1.165, 1.54) is 101 Å². The van der Waals surface area contributed by atoms with Crippen molar-refractivity contribution in [2.24, 2.45) is 0 Å². The highest BCUT2D eigenvalue weighted by Crippen LogP contribution is 2.12. The first kappa shape index (κ1) is 34.5. The Hall–Kier alpha value is 0.840. The summed E-state index contributed by atoms with van der Waals surface area (Å²) in [5, 5.41) is 0. The molecule has 0 spiro atoms. The van der Waals surface area contributed by atoms with Gasteiger partial charge >= 0.3 is 0 Å². The number of unbranched alkanes of at least 4 members (excludes halogenated alkanes) is 8. The molecule has 0 rings (SSSR count). The zero-order valence-electron chi connectivity index (χ0n) is 20.8. The van der Waals surface area contributed by atoms with E-state index in [2.05, 4.69) is 41.8 Å². The molecule has 0 atom stereocenters. The van der Waals surface area contributed by atoms with Gasteiger partial charge in [-0.2, -0.15) is 0 Å². The van der Waals surface area contributed by atoms with Gasteiger partial charge in [-0.15, -0.1) is 0 Å². The van der Waals surface area contributed by atoms with Crippen LogP contribution in [-0.4, -0.2) is 75.5 Å². The van der Waals surface area contributed by atoms with E-state index in [0.29, 0.717) is 0 Å². The number of quaternary nitrogens is 2. The van der Waals surface area contributed by atoms with E-state index in [1.807, 2.05) is 0 Å². The number of likely N-dealkylation sites (N-methyl/N-ethyl adjacent to an activating group) is 2. The van der Waals surface area contributed by atoms with Crippen molar-refractivity contribution in [3.63, 3.8) is 0 Å². The van der Waals surface area contributed by atoms with Crippen LogP contribution in [0.4, 0.5) is 0 Å².